The molecule has 3 aromatic carbocycles. The Kier molecular flexibility index (Phi) is 6.62. The lowest BCUT2D eigenvalue weighted by molar-refractivity contribution is -0.384. The molecule has 1 fully saturated rings. The molecule has 2 N–H and O–H groups in total. The first-order valence-corrected chi connectivity index (χ1v) is 10.4. The van der Waals surface area contributed by atoms with Gasteiger partial charge in [-0.05, 0) is 35.9 Å². The summed E-state index contributed by atoms with van der Waals surface area (Å²) in [5.41, 5.74) is 2.34. The van der Waals surface area contributed by atoms with Gasteiger partial charge in [-0.3, -0.25) is 14.9 Å². The third kappa shape index (κ3) is 5.22. The Bertz CT molecular complexity index is 1100. The second-order valence-electron chi connectivity index (χ2n) is 7.45. The van der Waals surface area contributed by atoms with Gasteiger partial charge in [-0.2, -0.15) is 0 Å². The molecule has 1 aliphatic rings. The van der Waals surface area contributed by atoms with Crippen LogP contribution >= 0.6 is 0 Å². The van der Waals surface area contributed by atoms with Gasteiger partial charge in [-0.25, -0.2) is 0 Å². The lowest BCUT2D eigenvalue weighted by Gasteiger charge is -2.29. The number of nitrogens with one attached hydrogen (secondary N) is 2. The Morgan fingerprint density at radius 3 is 2.56 bits per heavy atom. The van der Waals surface area contributed by atoms with Crippen LogP contribution in [-0.4, -0.2) is 37.0 Å². The monoisotopic (exact) mass is 432 g/mol. The van der Waals surface area contributed by atoms with Crippen molar-refractivity contribution in [2.24, 2.45) is 0 Å². The van der Waals surface area contributed by atoms with Crippen LogP contribution in [0.15, 0.2) is 72.8 Å². The number of piperazine rings is 1. The largest absolute Gasteiger partial charge is 0.489 e. The second kappa shape index (κ2) is 9.93. The Morgan fingerprint density at radius 1 is 1.03 bits per heavy atom. The van der Waals surface area contributed by atoms with Crippen molar-refractivity contribution in [2.45, 2.75) is 6.61 Å². The molecular weight excluding hydrogens is 408 g/mol. The summed E-state index contributed by atoms with van der Waals surface area (Å²) in [6.07, 6.45) is 0. The van der Waals surface area contributed by atoms with Crippen molar-refractivity contribution in [3.8, 4) is 5.75 Å². The first-order chi connectivity index (χ1) is 15.6. The van der Waals surface area contributed by atoms with Gasteiger partial charge in [0.25, 0.3) is 11.6 Å². The number of ether oxygens (including phenoxy) is 1. The van der Waals surface area contributed by atoms with E-state index in [1.165, 1.54) is 6.07 Å². The average Bonchev–Trinajstić information content (AvgIpc) is 2.84. The molecule has 0 atom stereocenters. The molecule has 8 nitrogen and oxygen atoms in total. The van der Waals surface area contributed by atoms with Gasteiger partial charge in [0.05, 0.1) is 4.92 Å². The molecule has 1 saturated heterocycles. The standard InChI is InChI=1S/C24H24N4O4/c29-24(19-7-4-8-21(15-19)32-17-18-5-2-1-3-6-18)26-20-9-10-22(23(16-20)28(30)31)27-13-11-25-12-14-27/h1-10,15-16,25H,11-14,17H2,(H,26,29). The number of benzene rings is 3. The van der Waals surface area contributed by atoms with E-state index in [1.54, 1.807) is 36.4 Å². The molecule has 0 aromatic heterocycles. The van der Waals surface area contributed by atoms with Crippen LogP contribution in [0.5, 0.6) is 5.75 Å². The van der Waals surface area contributed by atoms with Crippen molar-refractivity contribution < 1.29 is 14.5 Å². The fraction of sp³-hybridized carbons (Fsp3) is 0.208. The van der Waals surface area contributed by atoms with E-state index in [4.69, 9.17) is 4.74 Å². The quantitative estimate of drug-likeness (QED) is 0.435. The van der Waals surface area contributed by atoms with Crippen LogP contribution in [0.25, 0.3) is 0 Å². The van der Waals surface area contributed by atoms with E-state index >= 15 is 0 Å². The third-order valence-electron chi connectivity index (χ3n) is 5.23. The van der Waals surface area contributed by atoms with E-state index in [1.807, 2.05) is 35.2 Å². The first-order valence-electron chi connectivity index (χ1n) is 10.4. The number of nitrogens with zero attached hydrogens (tertiary/aromatic N) is 2. The summed E-state index contributed by atoms with van der Waals surface area (Å²) in [6, 6.07) is 21.4. The summed E-state index contributed by atoms with van der Waals surface area (Å²) in [5, 5.41) is 17.6. The normalized spacial score (nSPS) is 13.4. The van der Waals surface area contributed by atoms with Crippen LogP contribution in [0.3, 0.4) is 0 Å². The lowest BCUT2D eigenvalue weighted by atomic mass is 10.1. The first kappa shape index (κ1) is 21.3. The zero-order chi connectivity index (χ0) is 22.3. The summed E-state index contributed by atoms with van der Waals surface area (Å²) in [7, 11) is 0. The fourth-order valence-electron chi connectivity index (χ4n) is 3.59. The third-order valence-corrected chi connectivity index (χ3v) is 5.23. The molecule has 8 heteroatoms. The molecular formula is C24H24N4O4. The van der Waals surface area contributed by atoms with E-state index in [-0.39, 0.29) is 11.6 Å². The minimum Gasteiger partial charge on any atom is -0.489 e. The second-order valence-corrected chi connectivity index (χ2v) is 7.45. The molecule has 0 unspecified atom stereocenters. The maximum Gasteiger partial charge on any atom is 0.294 e. The van der Waals surface area contributed by atoms with Crippen LogP contribution in [0.4, 0.5) is 17.1 Å². The van der Waals surface area contributed by atoms with Gasteiger partial charge in [0.15, 0.2) is 0 Å². The predicted octanol–water partition coefficient (Wildman–Crippen LogP) is 3.84. The predicted molar refractivity (Wildman–Crippen MR) is 123 cm³/mol. The molecule has 3 aromatic rings. The van der Waals surface area contributed by atoms with Gasteiger partial charge < -0.3 is 20.3 Å². The SMILES string of the molecule is O=C(Nc1ccc(N2CCNCC2)c([N+](=O)[O-])c1)c1cccc(OCc2ccccc2)c1. The van der Waals surface area contributed by atoms with Crippen LogP contribution < -0.4 is 20.3 Å². The van der Waals surface area contributed by atoms with Gasteiger partial charge in [-0.15, -0.1) is 0 Å². The molecule has 32 heavy (non-hydrogen) atoms. The van der Waals surface area contributed by atoms with Crippen LogP contribution in [0.2, 0.25) is 0 Å². The molecule has 0 spiro atoms. The number of amides is 1. The molecule has 0 aliphatic carbocycles. The van der Waals surface area contributed by atoms with E-state index in [2.05, 4.69) is 10.6 Å². The van der Waals surface area contributed by atoms with Crippen molar-refractivity contribution in [2.75, 3.05) is 36.4 Å². The zero-order valence-electron chi connectivity index (χ0n) is 17.5. The van der Waals surface area contributed by atoms with Crippen molar-refractivity contribution in [1.29, 1.82) is 0 Å². The molecule has 1 amide bonds. The number of anilines is 2. The highest BCUT2D eigenvalue weighted by Crippen LogP contribution is 2.31. The smallest absolute Gasteiger partial charge is 0.294 e. The number of nitro groups is 1. The molecule has 0 radical (unpaired) electrons. The molecule has 4 rings (SSSR count). The highest BCUT2D eigenvalue weighted by Gasteiger charge is 2.22. The van der Waals surface area contributed by atoms with Crippen LogP contribution in [0, 0.1) is 10.1 Å². The summed E-state index contributed by atoms with van der Waals surface area (Å²) in [6.45, 7) is 3.34. The zero-order valence-corrected chi connectivity index (χ0v) is 17.5. The maximum atomic E-state index is 12.8. The Labute approximate surface area is 186 Å². The van der Waals surface area contributed by atoms with E-state index in [0.717, 1.165) is 18.7 Å². The van der Waals surface area contributed by atoms with E-state index in [9.17, 15) is 14.9 Å². The van der Waals surface area contributed by atoms with Crippen molar-refractivity contribution >= 4 is 23.0 Å². The molecule has 1 aliphatic heterocycles. The summed E-state index contributed by atoms with van der Waals surface area (Å²) in [4.78, 5) is 26.0. The van der Waals surface area contributed by atoms with Crippen LogP contribution in [0.1, 0.15) is 15.9 Å². The van der Waals surface area contributed by atoms with Crippen molar-refractivity contribution in [3.05, 3.63) is 94.0 Å². The van der Waals surface area contributed by atoms with Gasteiger partial charge in [-0.1, -0.05) is 36.4 Å². The van der Waals surface area contributed by atoms with Gasteiger partial charge in [0.2, 0.25) is 0 Å². The van der Waals surface area contributed by atoms with Gasteiger partial charge >= 0.3 is 0 Å². The molecule has 1 heterocycles. The highest BCUT2D eigenvalue weighted by atomic mass is 16.6. The van der Waals surface area contributed by atoms with Crippen molar-refractivity contribution in [3.63, 3.8) is 0 Å². The number of hydrogen-bond donors (Lipinski definition) is 2. The number of rotatable bonds is 7. The summed E-state index contributed by atoms with van der Waals surface area (Å²) < 4.78 is 5.79. The Morgan fingerprint density at radius 2 is 1.81 bits per heavy atom. The summed E-state index contributed by atoms with van der Waals surface area (Å²) in [5.74, 6) is 0.209. The molecule has 0 saturated carbocycles. The Balaban J connectivity index is 1.46. The average molecular weight is 432 g/mol. The van der Waals surface area contributed by atoms with E-state index in [0.29, 0.717) is 42.4 Å². The highest BCUT2D eigenvalue weighted by molar-refractivity contribution is 6.04. The van der Waals surface area contributed by atoms with Gasteiger partial charge in [0.1, 0.15) is 18.0 Å². The Hall–Kier alpha value is -3.91. The fourth-order valence-corrected chi connectivity index (χ4v) is 3.59. The maximum absolute atomic E-state index is 12.8. The van der Waals surface area contributed by atoms with Crippen LogP contribution in [-0.2, 0) is 6.61 Å². The van der Waals surface area contributed by atoms with Gasteiger partial charge in [0, 0.05) is 43.5 Å². The minimum atomic E-state index is -0.412. The number of hydrogen-bond acceptors (Lipinski definition) is 6. The minimum absolute atomic E-state index is 0.0235. The number of carbonyl (C=O) groups is 1. The lowest BCUT2D eigenvalue weighted by Crippen LogP contribution is -2.43. The topological polar surface area (TPSA) is 96.7 Å². The van der Waals surface area contributed by atoms with Crippen molar-refractivity contribution in [1.82, 2.24) is 5.32 Å². The molecule has 0 bridgehead atoms. The van der Waals surface area contributed by atoms with E-state index < -0.39 is 4.92 Å². The number of carbonyl (C=O) groups excluding carboxylic acids is 1. The summed E-state index contributed by atoms with van der Waals surface area (Å²) >= 11 is 0. The molecule has 164 valence electrons. The number of nitro benzene ring substituents is 1.